The summed E-state index contributed by atoms with van der Waals surface area (Å²) in [6.45, 7) is 6.17. The summed E-state index contributed by atoms with van der Waals surface area (Å²) < 4.78 is 20.2. The third kappa shape index (κ3) is 2.58. The van der Waals surface area contributed by atoms with Crippen LogP contribution in [-0.2, 0) is 10.2 Å². The topological polar surface area (TPSA) is 21.3 Å². The average Bonchev–Trinajstić information content (AvgIpc) is 2.42. The van der Waals surface area contributed by atoms with Crippen LogP contribution in [0.2, 0.25) is 0 Å². The van der Waals surface area contributed by atoms with Gasteiger partial charge in [0.1, 0.15) is 5.82 Å². The average molecular weight is 330 g/mol. The van der Waals surface area contributed by atoms with E-state index >= 15 is 0 Å². The van der Waals surface area contributed by atoms with Crippen molar-refractivity contribution in [1.29, 1.82) is 0 Å². The summed E-state index contributed by atoms with van der Waals surface area (Å²) >= 11 is 3.21. The molecule has 0 aromatic heterocycles. The molecular formula is C15H21BrFNO. The molecule has 0 amide bonds. The summed E-state index contributed by atoms with van der Waals surface area (Å²) in [6.07, 6.45) is 1.88. The van der Waals surface area contributed by atoms with E-state index in [1.807, 2.05) is 6.07 Å². The summed E-state index contributed by atoms with van der Waals surface area (Å²) in [7, 11) is 1.77. The van der Waals surface area contributed by atoms with Crippen molar-refractivity contribution in [3.63, 3.8) is 0 Å². The second-order valence-corrected chi connectivity index (χ2v) is 6.56. The molecule has 0 bridgehead atoms. The zero-order valence-corrected chi connectivity index (χ0v) is 13.3. The van der Waals surface area contributed by atoms with Crippen molar-refractivity contribution in [3.8, 4) is 0 Å². The lowest BCUT2D eigenvalue weighted by Gasteiger charge is -2.48. The fraction of sp³-hybridized carbons (Fsp3) is 0.600. The Morgan fingerprint density at radius 1 is 1.32 bits per heavy atom. The van der Waals surface area contributed by atoms with Gasteiger partial charge in [0, 0.05) is 12.5 Å². The first-order valence-corrected chi connectivity index (χ1v) is 7.44. The molecule has 1 aromatic rings. The van der Waals surface area contributed by atoms with E-state index in [2.05, 4.69) is 35.1 Å². The normalized spacial score (nSPS) is 19.4. The predicted octanol–water partition coefficient (Wildman–Crippen LogP) is 3.63. The smallest absolute Gasteiger partial charge is 0.137 e. The first-order chi connectivity index (χ1) is 8.93. The minimum atomic E-state index is -0.238. The van der Waals surface area contributed by atoms with Crippen LogP contribution in [0, 0.1) is 5.82 Å². The summed E-state index contributed by atoms with van der Waals surface area (Å²) in [5.74, 6) is -0.217. The molecule has 0 unspecified atom stereocenters. The van der Waals surface area contributed by atoms with Gasteiger partial charge < -0.3 is 10.1 Å². The monoisotopic (exact) mass is 329 g/mol. The predicted molar refractivity (Wildman–Crippen MR) is 79.0 cm³/mol. The van der Waals surface area contributed by atoms with E-state index in [4.69, 9.17) is 4.74 Å². The van der Waals surface area contributed by atoms with Crippen molar-refractivity contribution in [2.75, 3.05) is 20.2 Å². The quantitative estimate of drug-likeness (QED) is 0.914. The van der Waals surface area contributed by atoms with Crippen LogP contribution in [0.3, 0.4) is 0 Å². The number of nitrogens with one attached hydrogen (secondary N) is 1. The van der Waals surface area contributed by atoms with Gasteiger partial charge in [0.15, 0.2) is 0 Å². The van der Waals surface area contributed by atoms with Crippen LogP contribution in [0.5, 0.6) is 0 Å². The highest BCUT2D eigenvalue weighted by Gasteiger charge is 2.47. The Bertz CT molecular complexity index is 455. The van der Waals surface area contributed by atoms with E-state index < -0.39 is 0 Å². The summed E-state index contributed by atoms with van der Waals surface area (Å²) in [6, 6.07) is 5.37. The largest absolute Gasteiger partial charge is 0.377 e. The molecule has 1 aliphatic rings. The number of rotatable bonds is 3. The van der Waals surface area contributed by atoms with Crippen LogP contribution in [-0.4, -0.2) is 25.8 Å². The van der Waals surface area contributed by atoms with Gasteiger partial charge in [-0.05, 0) is 59.6 Å². The lowest BCUT2D eigenvalue weighted by molar-refractivity contribution is -0.0854. The first-order valence-electron chi connectivity index (χ1n) is 6.64. The van der Waals surface area contributed by atoms with Gasteiger partial charge in [-0.1, -0.05) is 19.9 Å². The minimum absolute atomic E-state index is 0.217. The van der Waals surface area contributed by atoms with E-state index in [0.29, 0.717) is 4.47 Å². The Balaban J connectivity index is 2.41. The van der Waals surface area contributed by atoms with Crippen LogP contribution in [0.1, 0.15) is 32.3 Å². The van der Waals surface area contributed by atoms with Gasteiger partial charge in [-0.25, -0.2) is 4.39 Å². The lowest BCUT2D eigenvalue weighted by Crippen LogP contribution is -2.55. The molecule has 2 rings (SSSR count). The van der Waals surface area contributed by atoms with E-state index in [0.717, 1.165) is 31.5 Å². The van der Waals surface area contributed by atoms with Gasteiger partial charge in [0.25, 0.3) is 0 Å². The molecule has 1 N–H and O–H groups in total. The fourth-order valence-corrected chi connectivity index (χ4v) is 3.31. The van der Waals surface area contributed by atoms with Crippen molar-refractivity contribution < 1.29 is 9.13 Å². The molecule has 2 nitrogen and oxygen atoms in total. The molecule has 1 saturated heterocycles. The maximum atomic E-state index is 13.8. The Morgan fingerprint density at radius 3 is 2.47 bits per heavy atom. The molecule has 1 fully saturated rings. The Labute approximate surface area is 122 Å². The zero-order chi connectivity index (χ0) is 14.1. The third-order valence-corrected chi connectivity index (χ3v) is 5.23. The number of halogens is 2. The number of methoxy groups -OCH3 is 1. The molecule has 4 heteroatoms. The van der Waals surface area contributed by atoms with Crippen molar-refractivity contribution in [3.05, 3.63) is 34.1 Å². The van der Waals surface area contributed by atoms with Crippen LogP contribution >= 0.6 is 15.9 Å². The van der Waals surface area contributed by atoms with Crippen molar-refractivity contribution in [1.82, 2.24) is 5.32 Å². The number of benzene rings is 1. The highest BCUT2D eigenvalue weighted by molar-refractivity contribution is 9.10. The molecule has 0 saturated carbocycles. The highest BCUT2D eigenvalue weighted by atomic mass is 79.9. The third-order valence-electron chi connectivity index (χ3n) is 4.58. The van der Waals surface area contributed by atoms with E-state index in [9.17, 15) is 4.39 Å². The number of hydrogen-bond acceptors (Lipinski definition) is 2. The molecule has 19 heavy (non-hydrogen) atoms. The van der Waals surface area contributed by atoms with Crippen molar-refractivity contribution in [2.45, 2.75) is 37.7 Å². The van der Waals surface area contributed by atoms with Crippen LogP contribution in [0.15, 0.2) is 22.7 Å². The van der Waals surface area contributed by atoms with E-state index in [1.165, 1.54) is 0 Å². The molecule has 1 aromatic carbocycles. The standard InChI is InChI=1S/C15H21BrFNO/c1-14(2,11-4-5-12(16)13(17)10-11)15(19-3)6-8-18-9-7-15/h4-5,10,18H,6-9H2,1-3H3. The van der Waals surface area contributed by atoms with Gasteiger partial charge in [-0.15, -0.1) is 0 Å². The molecule has 0 radical (unpaired) electrons. The first kappa shape index (κ1) is 14.9. The fourth-order valence-electron chi connectivity index (χ4n) is 3.06. The lowest BCUT2D eigenvalue weighted by atomic mass is 9.66. The van der Waals surface area contributed by atoms with Gasteiger partial charge in [-0.3, -0.25) is 0 Å². The highest BCUT2D eigenvalue weighted by Crippen LogP contribution is 2.43. The summed E-state index contributed by atoms with van der Waals surface area (Å²) in [5.41, 5.74) is 0.515. The SMILES string of the molecule is COC1(C(C)(C)c2ccc(Br)c(F)c2)CCNCC1. The van der Waals surface area contributed by atoms with E-state index in [1.54, 1.807) is 19.2 Å². The Kier molecular flexibility index (Phi) is 4.33. The molecule has 1 aliphatic heterocycles. The number of hydrogen-bond donors (Lipinski definition) is 1. The maximum absolute atomic E-state index is 13.8. The van der Waals surface area contributed by atoms with Crippen LogP contribution < -0.4 is 5.32 Å². The van der Waals surface area contributed by atoms with Crippen molar-refractivity contribution in [2.24, 2.45) is 0 Å². The van der Waals surface area contributed by atoms with Gasteiger partial charge in [-0.2, -0.15) is 0 Å². The zero-order valence-electron chi connectivity index (χ0n) is 11.7. The molecule has 1 heterocycles. The van der Waals surface area contributed by atoms with Crippen LogP contribution in [0.4, 0.5) is 4.39 Å². The van der Waals surface area contributed by atoms with Crippen LogP contribution in [0.25, 0.3) is 0 Å². The summed E-state index contributed by atoms with van der Waals surface area (Å²) in [5, 5.41) is 3.36. The Morgan fingerprint density at radius 2 is 1.95 bits per heavy atom. The van der Waals surface area contributed by atoms with Crippen molar-refractivity contribution >= 4 is 15.9 Å². The minimum Gasteiger partial charge on any atom is -0.377 e. The molecule has 106 valence electrons. The molecule has 0 atom stereocenters. The molecular weight excluding hydrogens is 309 g/mol. The number of piperidine rings is 1. The van der Waals surface area contributed by atoms with Gasteiger partial charge in [0.2, 0.25) is 0 Å². The van der Waals surface area contributed by atoms with E-state index in [-0.39, 0.29) is 16.8 Å². The van der Waals surface area contributed by atoms with Gasteiger partial charge >= 0.3 is 0 Å². The molecule has 0 spiro atoms. The number of ether oxygens (including phenoxy) is 1. The second kappa shape index (κ2) is 5.51. The second-order valence-electron chi connectivity index (χ2n) is 5.70. The van der Waals surface area contributed by atoms with Gasteiger partial charge in [0.05, 0.1) is 10.1 Å². The molecule has 0 aliphatic carbocycles. The summed E-state index contributed by atoms with van der Waals surface area (Å²) in [4.78, 5) is 0. The maximum Gasteiger partial charge on any atom is 0.137 e. The Hall–Kier alpha value is -0.450.